The number of carbonyl (C=O) groups is 5. The van der Waals surface area contributed by atoms with Crippen LogP contribution in [-0.2, 0) is 38.6 Å². The highest BCUT2D eigenvalue weighted by molar-refractivity contribution is 6.32. The van der Waals surface area contributed by atoms with Gasteiger partial charge in [-0.25, -0.2) is 4.39 Å². The molecule has 4 N–H and O–H groups in total. The number of phenols is 1. The van der Waals surface area contributed by atoms with Crippen molar-refractivity contribution in [2.24, 2.45) is 35.3 Å². The number of phenolic OH excluding ortho intramolecular Hbond substituents is 1. The molecule has 1 amide bonds. The maximum absolute atomic E-state index is 16.0. The lowest BCUT2D eigenvalue weighted by Crippen LogP contribution is -2.74. The fraction of sp³-hybridized carbons (Fsp3) is 0.607. The van der Waals surface area contributed by atoms with Gasteiger partial charge in [0.2, 0.25) is 5.91 Å². The summed E-state index contributed by atoms with van der Waals surface area (Å²) in [5, 5.41) is 22.8. The standard InChI is InChI=1S/C28H34FN3O7/c1-11(2)9-32-6-5-13-15(10-32)20(29)14-7-12-8-16-21(31(3)4)24(35)19(27(30)38)26(37)28(16,39)25(36)17(12)23(34)18(14)22(13)33/h11-12,16-17,19,21,33,39H,5-10H2,1-4H3,(H2,30,38)/t12-,16-,17?,19?,21-,28-/m0/s1. The SMILES string of the molecule is CC(C)CN1CCc2c(O)c3c(c(F)c2C1)C[C@H]1C[C@H]2[C@H](N(C)C)C(=O)C(C(N)=O)C(=O)[C@@]2(O)C(=O)C1C3=O. The molecule has 1 aromatic carbocycles. The summed E-state index contributed by atoms with van der Waals surface area (Å²) in [4.78, 5) is 69.7. The van der Waals surface area contributed by atoms with Gasteiger partial charge in [-0.15, -0.1) is 0 Å². The van der Waals surface area contributed by atoms with Gasteiger partial charge < -0.3 is 15.9 Å². The van der Waals surface area contributed by atoms with Crippen LogP contribution >= 0.6 is 0 Å². The van der Waals surface area contributed by atoms with Crippen molar-refractivity contribution in [2.45, 2.75) is 51.3 Å². The lowest BCUT2D eigenvalue weighted by atomic mass is 9.52. The van der Waals surface area contributed by atoms with E-state index in [1.54, 1.807) is 0 Å². The largest absolute Gasteiger partial charge is 0.507 e. The molecule has 0 bridgehead atoms. The maximum Gasteiger partial charge on any atom is 0.235 e. The van der Waals surface area contributed by atoms with E-state index in [1.165, 1.54) is 19.0 Å². The van der Waals surface area contributed by atoms with E-state index in [2.05, 4.69) is 18.7 Å². The zero-order chi connectivity index (χ0) is 28.7. The summed E-state index contributed by atoms with van der Waals surface area (Å²) in [6, 6.07) is -1.20. The van der Waals surface area contributed by atoms with Crippen LogP contribution in [0.4, 0.5) is 4.39 Å². The van der Waals surface area contributed by atoms with E-state index in [9.17, 15) is 34.2 Å². The number of aromatic hydroxyl groups is 1. The minimum Gasteiger partial charge on any atom is -0.507 e. The van der Waals surface area contributed by atoms with Gasteiger partial charge in [0, 0.05) is 42.2 Å². The van der Waals surface area contributed by atoms with Gasteiger partial charge in [0.15, 0.2) is 34.7 Å². The molecule has 210 valence electrons. The van der Waals surface area contributed by atoms with E-state index >= 15 is 4.39 Å². The van der Waals surface area contributed by atoms with E-state index < -0.39 is 70.2 Å². The highest BCUT2D eigenvalue weighted by Gasteiger charge is 2.69. The Hall–Kier alpha value is -3.02. The van der Waals surface area contributed by atoms with Crippen molar-refractivity contribution < 1.29 is 38.6 Å². The molecule has 39 heavy (non-hydrogen) atoms. The first-order valence-corrected chi connectivity index (χ1v) is 13.3. The molecule has 10 nitrogen and oxygen atoms in total. The Kier molecular flexibility index (Phi) is 6.55. The molecule has 0 radical (unpaired) electrons. The van der Waals surface area contributed by atoms with Crippen molar-refractivity contribution in [1.29, 1.82) is 0 Å². The second-order valence-electron chi connectivity index (χ2n) is 12.1. The van der Waals surface area contributed by atoms with E-state index in [0.29, 0.717) is 30.0 Å². The predicted molar refractivity (Wildman–Crippen MR) is 135 cm³/mol. The molecule has 1 aliphatic heterocycles. The molecule has 6 atom stereocenters. The van der Waals surface area contributed by atoms with E-state index in [-0.39, 0.29) is 36.3 Å². The molecule has 3 aliphatic carbocycles. The number of rotatable bonds is 4. The van der Waals surface area contributed by atoms with Crippen LogP contribution in [0.1, 0.15) is 47.3 Å². The number of hydrogen-bond acceptors (Lipinski definition) is 9. The molecule has 0 spiro atoms. The highest BCUT2D eigenvalue weighted by Crippen LogP contribution is 2.52. The first-order chi connectivity index (χ1) is 18.2. The fourth-order valence-electron chi connectivity index (χ4n) is 7.48. The zero-order valence-electron chi connectivity index (χ0n) is 22.5. The monoisotopic (exact) mass is 543 g/mol. The van der Waals surface area contributed by atoms with Gasteiger partial charge in [-0.2, -0.15) is 0 Å². The first-order valence-electron chi connectivity index (χ1n) is 13.3. The minimum absolute atomic E-state index is 0.0204. The van der Waals surface area contributed by atoms with Crippen LogP contribution in [0.25, 0.3) is 0 Å². The molecule has 2 saturated carbocycles. The van der Waals surface area contributed by atoms with Crippen LogP contribution in [0.5, 0.6) is 5.75 Å². The number of aliphatic hydroxyl groups is 1. The van der Waals surface area contributed by atoms with Crippen molar-refractivity contribution in [3.05, 3.63) is 28.1 Å². The molecular weight excluding hydrogens is 509 g/mol. The lowest BCUT2D eigenvalue weighted by molar-refractivity contribution is -0.181. The summed E-state index contributed by atoms with van der Waals surface area (Å²) < 4.78 is 16.0. The summed E-state index contributed by atoms with van der Waals surface area (Å²) in [6.07, 6.45) is 0.133. The van der Waals surface area contributed by atoms with Gasteiger partial charge in [-0.05, 0) is 45.2 Å². The predicted octanol–water partition coefficient (Wildman–Crippen LogP) is 0.0202. The molecule has 5 rings (SSSR count). The zero-order valence-corrected chi connectivity index (χ0v) is 22.5. The van der Waals surface area contributed by atoms with Crippen molar-refractivity contribution in [3.63, 3.8) is 0 Å². The average Bonchev–Trinajstić information content (AvgIpc) is 2.83. The number of benzene rings is 1. The lowest BCUT2D eigenvalue weighted by Gasteiger charge is -2.52. The number of hydrogen-bond donors (Lipinski definition) is 3. The fourth-order valence-corrected chi connectivity index (χ4v) is 7.48. The number of halogens is 1. The Labute approximate surface area is 225 Å². The van der Waals surface area contributed by atoms with Gasteiger partial charge in [0.25, 0.3) is 0 Å². The minimum atomic E-state index is -2.80. The molecule has 11 heteroatoms. The van der Waals surface area contributed by atoms with E-state index in [0.717, 1.165) is 6.54 Å². The molecular formula is C28H34FN3O7. The molecule has 4 aliphatic rings. The van der Waals surface area contributed by atoms with Crippen LogP contribution in [0.15, 0.2) is 0 Å². The molecule has 1 aromatic rings. The van der Waals surface area contributed by atoms with E-state index in [4.69, 9.17) is 5.73 Å². The third kappa shape index (κ3) is 3.81. The highest BCUT2D eigenvalue weighted by atomic mass is 19.1. The van der Waals surface area contributed by atoms with Gasteiger partial charge in [-0.1, -0.05) is 13.8 Å². The average molecular weight is 544 g/mol. The number of nitrogens with zero attached hydrogens (tertiary/aromatic N) is 2. The number of amides is 1. The van der Waals surface area contributed by atoms with Crippen LogP contribution < -0.4 is 5.73 Å². The third-order valence-corrected chi connectivity index (χ3v) is 9.06. The number of Topliss-reactive ketones (excluding diaryl/α,β-unsaturated/α-hetero) is 4. The molecule has 0 saturated heterocycles. The van der Waals surface area contributed by atoms with Crippen molar-refractivity contribution >= 4 is 29.0 Å². The maximum atomic E-state index is 16.0. The number of likely N-dealkylation sites (N-methyl/N-ethyl adjacent to an activating group) is 1. The summed E-state index contributed by atoms with van der Waals surface area (Å²) in [6.45, 7) is 5.72. The number of primary amides is 1. The normalized spacial score (nSPS) is 32.7. The van der Waals surface area contributed by atoms with Gasteiger partial charge in [-0.3, -0.25) is 33.8 Å². The Morgan fingerprint density at radius 2 is 1.82 bits per heavy atom. The molecule has 1 heterocycles. The summed E-state index contributed by atoms with van der Waals surface area (Å²) in [5.74, 6) is -11.6. The Bertz CT molecular complexity index is 1320. The van der Waals surface area contributed by atoms with Gasteiger partial charge >= 0.3 is 0 Å². The van der Waals surface area contributed by atoms with Crippen molar-refractivity contribution in [3.8, 4) is 5.75 Å². The topological polar surface area (TPSA) is 158 Å². The Morgan fingerprint density at radius 1 is 1.15 bits per heavy atom. The first kappa shape index (κ1) is 27.5. The smallest absolute Gasteiger partial charge is 0.235 e. The summed E-state index contributed by atoms with van der Waals surface area (Å²) in [7, 11) is 3.03. The number of carbonyl (C=O) groups excluding carboxylic acids is 5. The third-order valence-electron chi connectivity index (χ3n) is 9.06. The second kappa shape index (κ2) is 9.28. The Morgan fingerprint density at radius 3 is 2.41 bits per heavy atom. The van der Waals surface area contributed by atoms with E-state index in [1.807, 2.05) is 0 Å². The van der Waals surface area contributed by atoms with Crippen molar-refractivity contribution in [2.75, 3.05) is 27.2 Å². The van der Waals surface area contributed by atoms with Crippen LogP contribution in [0.3, 0.4) is 0 Å². The summed E-state index contributed by atoms with van der Waals surface area (Å²) in [5.41, 5.74) is 2.94. The van der Waals surface area contributed by atoms with Crippen molar-refractivity contribution in [1.82, 2.24) is 9.80 Å². The van der Waals surface area contributed by atoms with Crippen LogP contribution in [0.2, 0.25) is 0 Å². The molecule has 2 unspecified atom stereocenters. The molecule has 2 fully saturated rings. The molecule has 0 aromatic heterocycles. The number of fused-ring (bicyclic) bond motifs is 4. The quantitative estimate of drug-likeness (QED) is 0.445. The van der Waals surface area contributed by atoms with Crippen LogP contribution in [-0.4, -0.2) is 87.9 Å². The number of ketones is 4. The van der Waals surface area contributed by atoms with Gasteiger partial charge in [0.05, 0.1) is 17.5 Å². The van der Waals surface area contributed by atoms with Gasteiger partial charge in [0.1, 0.15) is 11.6 Å². The van der Waals surface area contributed by atoms with Crippen LogP contribution in [0, 0.1) is 35.4 Å². The summed E-state index contributed by atoms with van der Waals surface area (Å²) >= 11 is 0. The number of nitrogens with two attached hydrogens (primary N) is 1. The Balaban J connectivity index is 1.61. The second-order valence-corrected chi connectivity index (χ2v) is 12.1.